The summed E-state index contributed by atoms with van der Waals surface area (Å²) < 4.78 is 31.3. The van der Waals surface area contributed by atoms with Crippen LogP contribution in [0.4, 0.5) is 20.3 Å². The number of aromatic nitrogens is 4. The minimum Gasteiger partial charge on any atom is -0.384 e. The van der Waals surface area contributed by atoms with Gasteiger partial charge in [0.15, 0.2) is 0 Å². The van der Waals surface area contributed by atoms with Crippen molar-refractivity contribution in [3.63, 3.8) is 0 Å². The molecule has 2 aromatic carbocycles. The van der Waals surface area contributed by atoms with E-state index in [-0.39, 0.29) is 5.82 Å². The number of pyridine rings is 2. The van der Waals surface area contributed by atoms with Gasteiger partial charge in [-0.3, -0.25) is 4.98 Å². The summed E-state index contributed by atoms with van der Waals surface area (Å²) in [6.45, 7) is 13.3. The zero-order valence-electron chi connectivity index (χ0n) is 28.2. The van der Waals surface area contributed by atoms with Crippen LogP contribution in [0.5, 0.6) is 0 Å². The molecule has 250 valence electrons. The zero-order chi connectivity index (χ0) is 34.7. The summed E-state index contributed by atoms with van der Waals surface area (Å²) in [6.07, 6.45) is 9.17. The maximum Gasteiger partial charge on any atom is 0.142 e. The molecule has 10 heteroatoms. The number of hydrogen-bond donors (Lipinski definition) is 4. The van der Waals surface area contributed by atoms with Gasteiger partial charge in [-0.2, -0.15) is 0 Å². The second-order valence-corrected chi connectivity index (χ2v) is 12.5. The molecule has 0 saturated carbocycles. The van der Waals surface area contributed by atoms with E-state index in [0.29, 0.717) is 75.0 Å². The topological polar surface area (TPSA) is 93.8 Å². The first kappa shape index (κ1) is 33.3. The van der Waals surface area contributed by atoms with Gasteiger partial charge >= 0.3 is 0 Å². The first-order valence-corrected chi connectivity index (χ1v) is 16.1. The van der Waals surface area contributed by atoms with Crippen molar-refractivity contribution in [3.8, 4) is 11.3 Å². The Bertz CT molecular complexity index is 2100. The Kier molecular flexibility index (Phi) is 9.42. The van der Waals surface area contributed by atoms with Gasteiger partial charge < -0.3 is 25.8 Å². The number of benzene rings is 2. The summed E-state index contributed by atoms with van der Waals surface area (Å²) >= 11 is 0. The lowest BCUT2D eigenvalue weighted by atomic mass is 9.82. The van der Waals surface area contributed by atoms with Crippen LogP contribution in [0.1, 0.15) is 36.4 Å². The number of allylic oxidation sites excluding steroid dienone is 5. The second-order valence-electron chi connectivity index (χ2n) is 12.5. The molecule has 5 aromatic rings. The number of fused-ring (bicyclic) bond motifs is 2. The van der Waals surface area contributed by atoms with Gasteiger partial charge in [-0.15, -0.1) is 0 Å². The van der Waals surface area contributed by atoms with E-state index in [9.17, 15) is 4.39 Å². The zero-order valence-corrected chi connectivity index (χ0v) is 28.2. The molecule has 0 spiro atoms. The molecule has 8 nitrogen and oxygen atoms in total. The summed E-state index contributed by atoms with van der Waals surface area (Å²) in [7, 11) is 3.97. The molecule has 1 atom stereocenters. The normalized spacial score (nSPS) is 15.8. The third-order valence-electron chi connectivity index (χ3n) is 8.55. The second kappa shape index (κ2) is 13.9. The van der Waals surface area contributed by atoms with Crippen molar-refractivity contribution in [2.24, 2.45) is 0 Å². The van der Waals surface area contributed by atoms with Gasteiger partial charge in [0, 0.05) is 60.1 Å². The largest absolute Gasteiger partial charge is 0.384 e. The Morgan fingerprint density at radius 3 is 2.61 bits per heavy atom. The van der Waals surface area contributed by atoms with Gasteiger partial charge in [0.2, 0.25) is 0 Å². The Morgan fingerprint density at radius 1 is 1.08 bits per heavy atom. The molecule has 4 N–H and O–H groups in total. The number of anilines is 2. The van der Waals surface area contributed by atoms with E-state index in [0.717, 1.165) is 17.8 Å². The van der Waals surface area contributed by atoms with E-state index in [1.165, 1.54) is 18.3 Å². The van der Waals surface area contributed by atoms with Crippen molar-refractivity contribution in [3.05, 3.63) is 144 Å². The van der Waals surface area contributed by atoms with Crippen LogP contribution in [-0.4, -0.2) is 52.0 Å². The SMILES string of the molecule is C=C/C(=C\C(=C/C)c1cnc2c(c1F)C(C)(c1nc3c(-c4cc(F)cc(NCCN(C)C)c4)nccc3[nH]1)N2)NC(=C)Cc1ccccc1. The van der Waals surface area contributed by atoms with Gasteiger partial charge in [-0.1, -0.05) is 49.6 Å². The molecule has 0 bridgehead atoms. The van der Waals surface area contributed by atoms with Gasteiger partial charge in [-0.05, 0) is 75.5 Å². The summed E-state index contributed by atoms with van der Waals surface area (Å²) in [5.74, 6) is 0.148. The quantitative estimate of drug-likeness (QED) is 0.0961. The average Bonchev–Trinajstić information content (AvgIpc) is 3.51. The van der Waals surface area contributed by atoms with E-state index in [4.69, 9.17) is 4.98 Å². The van der Waals surface area contributed by atoms with Gasteiger partial charge in [0.05, 0.1) is 16.8 Å². The summed E-state index contributed by atoms with van der Waals surface area (Å²) in [6, 6.07) is 16.6. The molecule has 1 unspecified atom stereocenters. The highest BCUT2D eigenvalue weighted by Crippen LogP contribution is 2.47. The standard InChI is InChI=1S/C39H40F2N8/c1-7-26(20-29(8-2)45-24(3)18-25-12-10-9-11-13-25)31-23-44-37-33(34(31)41)39(4,48-37)38-46-32-14-15-43-35(36(32)47-38)27-19-28(40)22-30(21-27)42-16-17-49(5)6/h7-15,19-23,42,45H,2-3,16-18H2,1,4-6H3,(H,44,48)(H,46,47)/b26-7+,29-20+. The van der Waals surface area contributed by atoms with Crippen LogP contribution < -0.4 is 16.0 Å². The predicted molar refractivity (Wildman–Crippen MR) is 195 cm³/mol. The highest BCUT2D eigenvalue weighted by molar-refractivity contribution is 5.91. The van der Waals surface area contributed by atoms with Crippen LogP contribution >= 0.6 is 0 Å². The molecule has 1 aliphatic heterocycles. The Balaban J connectivity index is 1.29. The molecule has 3 aromatic heterocycles. The number of nitrogens with zero attached hydrogens (tertiary/aromatic N) is 4. The van der Waals surface area contributed by atoms with Crippen LogP contribution in [0, 0.1) is 11.6 Å². The van der Waals surface area contributed by atoms with Crippen molar-refractivity contribution in [1.82, 2.24) is 30.2 Å². The molecule has 0 saturated heterocycles. The van der Waals surface area contributed by atoms with Crippen LogP contribution in [0.3, 0.4) is 0 Å². The maximum absolute atomic E-state index is 16.6. The van der Waals surface area contributed by atoms with Crippen LogP contribution in [0.25, 0.3) is 27.9 Å². The number of rotatable bonds is 13. The fourth-order valence-electron chi connectivity index (χ4n) is 6.01. The summed E-state index contributed by atoms with van der Waals surface area (Å²) in [4.78, 5) is 19.4. The molecule has 6 rings (SSSR count). The van der Waals surface area contributed by atoms with Gasteiger partial charge in [0.25, 0.3) is 0 Å². The summed E-state index contributed by atoms with van der Waals surface area (Å²) in [5.41, 5.74) is 5.96. The average molecular weight is 659 g/mol. The van der Waals surface area contributed by atoms with Crippen molar-refractivity contribution < 1.29 is 8.78 Å². The third-order valence-corrected chi connectivity index (χ3v) is 8.55. The van der Waals surface area contributed by atoms with Crippen LogP contribution in [0.15, 0.2) is 110 Å². The predicted octanol–water partition coefficient (Wildman–Crippen LogP) is 7.78. The van der Waals surface area contributed by atoms with E-state index in [1.54, 1.807) is 18.3 Å². The molecule has 1 aliphatic rings. The fourth-order valence-corrected chi connectivity index (χ4v) is 6.01. The molecule has 0 aliphatic carbocycles. The van der Waals surface area contributed by atoms with E-state index < -0.39 is 11.4 Å². The fraction of sp³-hybridized carbons (Fsp3) is 0.205. The first-order chi connectivity index (χ1) is 23.6. The third kappa shape index (κ3) is 6.86. The molecule has 0 amide bonds. The molecular weight excluding hydrogens is 618 g/mol. The lowest BCUT2D eigenvalue weighted by Gasteiger charge is -2.41. The molecule has 4 heterocycles. The van der Waals surface area contributed by atoms with E-state index in [2.05, 4.69) is 44.1 Å². The van der Waals surface area contributed by atoms with Crippen molar-refractivity contribution in [2.75, 3.05) is 37.8 Å². The number of nitrogens with one attached hydrogen (secondary N) is 4. The van der Waals surface area contributed by atoms with E-state index >= 15 is 4.39 Å². The molecule has 0 radical (unpaired) electrons. The van der Waals surface area contributed by atoms with Crippen molar-refractivity contribution >= 4 is 28.1 Å². The van der Waals surface area contributed by atoms with Gasteiger partial charge in [0.1, 0.15) is 34.3 Å². The lowest BCUT2D eigenvalue weighted by Crippen LogP contribution is -2.45. The van der Waals surface area contributed by atoms with E-state index in [1.807, 2.05) is 81.4 Å². The summed E-state index contributed by atoms with van der Waals surface area (Å²) in [5, 5.41) is 9.88. The van der Waals surface area contributed by atoms with Crippen molar-refractivity contribution in [1.29, 1.82) is 0 Å². The van der Waals surface area contributed by atoms with Crippen molar-refractivity contribution in [2.45, 2.75) is 25.8 Å². The highest BCUT2D eigenvalue weighted by atomic mass is 19.1. The Hall–Kier alpha value is -5.61. The van der Waals surface area contributed by atoms with Crippen LogP contribution in [-0.2, 0) is 12.0 Å². The molecule has 49 heavy (non-hydrogen) atoms. The monoisotopic (exact) mass is 658 g/mol. The number of halogens is 2. The smallest absolute Gasteiger partial charge is 0.142 e. The molecular formula is C39H40F2N8. The highest BCUT2D eigenvalue weighted by Gasteiger charge is 2.47. The van der Waals surface area contributed by atoms with Crippen LogP contribution in [0.2, 0.25) is 0 Å². The number of aromatic amines is 1. The van der Waals surface area contributed by atoms with Gasteiger partial charge in [-0.25, -0.2) is 18.7 Å². The Morgan fingerprint density at radius 2 is 1.88 bits per heavy atom. The number of likely N-dealkylation sites (N-methyl/N-ethyl adjacent to an activating group) is 1. The number of hydrogen-bond acceptors (Lipinski definition) is 7. The number of H-pyrrole nitrogens is 1. The Labute approximate surface area is 285 Å². The minimum absolute atomic E-state index is 0.344. The minimum atomic E-state index is -1.01. The molecule has 0 fully saturated rings. The lowest BCUT2D eigenvalue weighted by molar-refractivity contribution is 0.425. The first-order valence-electron chi connectivity index (χ1n) is 16.1. The number of imidazole rings is 1. The maximum atomic E-state index is 16.6.